The fraction of sp³-hybridized carbons (Fsp3) is 0.267. The summed E-state index contributed by atoms with van der Waals surface area (Å²) in [4.78, 5) is 2.45. The molecule has 1 fully saturated rings. The van der Waals surface area contributed by atoms with E-state index in [2.05, 4.69) is 4.90 Å². The number of nitrogens with zero attached hydrogens (tertiary/aromatic N) is 1. The highest BCUT2D eigenvalue weighted by Crippen LogP contribution is 2.35. The number of fused-ring (bicyclic) bond motifs is 1. The van der Waals surface area contributed by atoms with Crippen molar-refractivity contribution < 1.29 is 18.6 Å². The number of halogens is 2. The summed E-state index contributed by atoms with van der Waals surface area (Å²) < 4.78 is 34.7. The van der Waals surface area contributed by atoms with Crippen molar-refractivity contribution in [2.45, 2.75) is 25.7 Å². The molecule has 0 bridgehead atoms. The van der Waals surface area contributed by atoms with Crippen LogP contribution in [0.15, 0.2) is 72.8 Å². The largest absolute Gasteiger partial charge is 0.508 e. The molecule has 180 valence electrons. The highest BCUT2D eigenvalue weighted by Gasteiger charge is 2.15. The second kappa shape index (κ2) is 10.4. The van der Waals surface area contributed by atoms with Gasteiger partial charge in [0, 0.05) is 12.1 Å². The molecule has 0 aliphatic carbocycles. The van der Waals surface area contributed by atoms with Gasteiger partial charge in [0.25, 0.3) is 0 Å². The molecule has 4 aromatic rings. The van der Waals surface area contributed by atoms with Gasteiger partial charge in [-0.05, 0) is 102 Å². The van der Waals surface area contributed by atoms with Gasteiger partial charge in [0.05, 0.1) is 0 Å². The number of aromatic hydroxyl groups is 1. The van der Waals surface area contributed by atoms with Crippen LogP contribution in [0.1, 0.15) is 30.4 Å². The SMILES string of the molecule is Oc1ccc2c(Cc3ccc(OCCN4CCCCC4)cc3)c(-c3cc(F)ccc3F)ccc2c1. The summed E-state index contributed by atoms with van der Waals surface area (Å²) in [6, 6.07) is 20.2. The maximum Gasteiger partial charge on any atom is 0.131 e. The Labute approximate surface area is 204 Å². The Kier molecular flexibility index (Phi) is 6.96. The molecule has 0 unspecified atom stereocenters. The van der Waals surface area contributed by atoms with Crippen LogP contribution in [0.25, 0.3) is 21.9 Å². The molecular weight excluding hydrogens is 444 g/mol. The van der Waals surface area contributed by atoms with Crippen LogP contribution >= 0.6 is 0 Å². The Balaban J connectivity index is 1.40. The van der Waals surface area contributed by atoms with E-state index in [-0.39, 0.29) is 11.3 Å². The molecule has 1 aliphatic heterocycles. The van der Waals surface area contributed by atoms with Gasteiger partial charge in [-0.3, -0.25) is 4.90 Å². The highest BCUT2D eigenvalue weighted by atomic mass is 19.1. The normalized spacial score (nSPS) is 14.3. The van der Waals surface area contributed by atoms with Gasteiger partial charge in [-0.25, -0.2) is 8.78 Å². The average Bonchev–Trinajstić information content (AvgIpc) is 2.87. The summed E-state index contributed by atoms with van der Waals surface area (Å²) in [6.45, 7) is 3.90. The number of phenols is 1. The molecule has 5 heteroatoms. The topological polar surface area (TPSA) is 32.7 Å². The quantitative estimate of drug-likeness (QED) is 0.315. The number of hydrogen-bond donors (Lipinski definition) is 1. The van der Waals surface area contributed by atoms with Crippen LogP contribution in [0.4, 0.5) is 8.78 Å². The first-order chi connectivity index (χ1) is 17.1. The first kappa shape index (κ1) is 23.3. The Hall–Kier alpha value is -3.44. The van der Waals surface area contributed by atoms with Crippen LogP contribution in [0.5, 0.6) is 11.5 Å². The first-order valence-corrected chi connectivity index (χ1v) is 12.2. The molecule has 5 rings (SSSR count). The summed E-state index contributed by atoms with van der Waals surface area (Å²) in [5, 5.41) is 11.7. The molecule has 0 spiro atoms. The lowest BCUT2D eigenvalue weighted by molar-refractivity contribution is 0.183. The van der Waals surface area contributed by atoms with Crippen molar-refractivity contribution in [2.24, 2.45) is 0 Å². The van der Waals surface area contributed by atoms with E-state index >= 15 is 0 Å². The lowest BCUT2D eigenvalue weighted by atomic mass is 9.90. The Morgan fingerprint density at radius 1 is 0.800 bits per heavy atom. The van der Waals surface area contributed by atoms with Crippen molar-refractivity contribution in [1.82, 2.24) is 4.90 Å². The smallest absolute Gasteiger partial charge is 0.131 e. The van der Waals surface area contributed by atoms with E-state index in [9.17, 15) is 13.9 Å². The standard InChI is InChI=1S/C30H29F2NO2/c31-23-7-13-30(32)29(20-23)27-11-6-22-19-24(34)8-12-26(22)28(27)18-21-4-9-25(10-5-21)35-17-16-33-14-2-1-3-15-33/h4-13,19-20,34H,1-3,14-18H2. The molecule has 1 N–H and O–H groups in total. The molecular formula is C30H29F2NO2. The van der Waals surface area contributed by atoms with Crippen LogP contribution < -0.4 is 4.74 Å². The third kappa shape index (κ3) is 5.46. The van der Waals surface area contributed by atoms with E-state index in [4.69, 9.17) is 4.74 Å². The van der Waals surface area contributed by atoms with E-state index in [1.54, 1.807) is 18.2 Å². The van der Waals surface area contributed by atoms with Gasteiger partial charge in [0.15, 0.2) is 0 Å². The zero-order valence-electron chi connectivity index (χ0n) is 19.6. The number of rotatable bonds is 7. The maximum atomic E-state index is 14.7. The van der Waals surface area contributed by atoms with Crippen LogP contribution in [0.2, 0.25) is 0 Å². The molecule has 0 saturated carbocycles. The number of likely N-dealkylation sites (tertiary alicyclic amines) is 1. The zero-order chi connectivity index (χ0) is 24.2. The van der Waals surface area contributed by atoms with Crippen molar-refractivity contribution in [3.8, 4) is 22.6 Å². The van der Waals surface area contributed by atoms with Crippen molar-refractivity contribution in [3.63, 3.8) is 0 Å². The summed E-state index contributed by atoms with van der Waals surface area (Å²) >= 11 is 0. The van der Waals surface area contributed by atoms with Crippen molar-refractivity contribution >= 4 is 10.8 Å². The van der Waals surface area contributed by atoms with E-state index in [0.717, 1.165) is 59.4 Å². The monoisotopic (exact) mass is 473 g/mol. The zero-order valence-corrected chi connectivity index (χ0v) is 19.6. The average molecular weight is 474 g/mol. The third-order valence-electron chi connectivity index (χ3n) is 6.76. The number of benzene rings is 4. The minimum absolute atomic E-state index is 0.166. The van der Waals surface area contributed by atoms with E-state index in [1.165, 1.54) is 25.3 Å². The van der Waals surface area contributed by atoms with Gasteiger partial charge < -0.3 is 9.84 Å². The molecule has 1 heterocycles. The molecule has 1 aliphatic rings. The van der Waals surface area contributed by atoms with Crippen LogP contribution in [-0.4, -0.2) is 36.2 Å². The van der Waals surface area contributed by atoms with Crippen LogP contribution in [0, 0.1) is 11.6 Å². The second-order valence-corrected chi connectivity index (χ2v) is 9.19. The first-order valence-electron chi connectivity index (χ1n) is 12.2. The lowest BCUT2D eigenvalue weighted by Crippen LogP contribution is -2.33. The number of ether oxygens (including phenoxy) is 1. The summed E-state index contributed by atoms with van der Waals surface area (Å²) in [7, 11) is 0. The molecule has 0 amide bonds. The molecule has 3 nitrogen and oxygen atoms in total. The minimum atomic E-state index is -0.482. The fourth-order valence-electron chi connectivity index (χ4n) is 4.91. The number of phenolic OH excluding ortho intramolecular Hbond substituents is 1. The van der Waals surface area contributed by atoms with Gasteiger partial charge in [0.2, 0.25) is 0 Å². The van der Waals surface area contributed by atoms with E-state index < -0.39 is 11.6 Å². The predicted octanol–water partition coefficient (Wildman–Crippen LogP) is 6.95. The van der Waals surface area contributed by atoms with Gasteiger partial charge in [-0.2, -0.15) is 0 Å². The molecule has 0 aromatic heterocycles. The Morgan fingerprint density at radius 3 is 2.40 bits per heavy atom. The lowest BCUT2D eigenvalue weighted by Gasteiger charge is -2.26. The maximum absolute atomic E-state index is 14.7. The van der Waals surface area contributed by atoms with E-state index in [1.807, 2.05) is 36.4 Å². The van der Waals surface area contributed by atoms with Gasteiger partial charge in [0.1, 0.15) is 29.7 Å². The minimum Gasteiger partial charge on any atom is -0.508 e. The number of piperidine rings is 1. The molecule has 1 saturated heterocycles. The summed E-state index contributed by atoms with van der Waals surface area (Å²) in [6.07, 6.45) is 4.39. The molecule has 4 aromatic carbocycles. The van der Waals surface area contributed by atoms with Crippen molar-refractivity contribution in [2.75, 3.05) is 26.2 Å². The molecule has 35 heavy (non-hydrogen) atoms. The summed E-state index contributed by atoms with van der Waals surface area (Å²) in [5.74, 6) is 0.0385. The van der Waals surface area contributed by atoms with Gasteiger partial charge >= 0.3 is 0 Å². The second-order valence-electron chi connectivity index (χ2n) is 9.19. The molecule has 0 atom stereocenters. The predicted molar refractivity (Wildman–Crippen MR) is 136 cm³/mol. The van der Waals surface area contributed by atoms with Crippen molar-refractivity contribution in [1.29, 1.82) is 0 Å². The Morgan fingerprint density at radius 2 is 1.60 bits per heavy atom. The number of hydrogen-bond acceptors (Lipinski definition) is 3. The highest BCUT2D eigenvalue weighted by molar-refractivity contribution is 5.93. The van der Waals surface area contributed by atoms with Gasteiger partial charge in [-0.1, -0.05) is 36.8 Å². The van der Waals surface area contributed by atoms with E-state index in [0.29, 0.717) is 18.6 Å². The fourth-order valence-corrected chi connectivity index (χ4v) is 4.91. The van der Waals surface area contributed by atoms with Crippen LogP contribution in [0.3, 0.4) is 0 Å². The van der Waals surface area contributed by atoms with Gasteiger partial charge in [-0.15, -0.1) is 0 Å². The third-order valence-corrected chi connectivity index (χ3v) is 6.76. The molecule has 0 radical (unpaired) electrons. The Bertz CT molecular complexity index is 1310. The van der Waals surface area contributed by atoms with Crippen molar-refractivity contribution in [3.05, 3.63) is 95.6 Å². The summed E-state index contributed by atoms with van der Waals surface area (Å²) in [5.41, 5.74) is 2.78. The van der Waals surface area contributed by atoms with Crippen LogP contribution in [-0.2, 0) is 6.42 Å².